The predicted octanol–water partition coefficient (Wildman–Crippen LogP) is 3.64. The molecule has 0 fully saturated rings. The molecule has 104 valence electrons. The molecular weight excluding hydrogens is 274 g/mol. The molecule has 20 heavy (non-hydrogen) atoms. The van der Waals surface area contributed by atoms with E-state index in [0.717, 1.165) is 17.0 Å². The second kappa shape index (κ2) is 6.44. The van der Waals surface area contributed by atoms with Gasteiger partial charge < -0.3 is 9.64 Å². The van der Waals surface area contributed by atoms with Crippen molar-refractivity contribution in [3.63, 3.8) is 0 Å². The van der Waals surface area contributed by atoms with Crippen LogP contribution in [0.5, 0.6) is 5.75 Å². The van der Waals surface area contributed by atoms with Crippen LogP contribution in [-0.4, -0.2) is 20.1 Å². The number of ether oxygens (including phenoxy) is 1. The summed E-state index contributed by atoms with van der Waals surface area (Å²) in [5.74, 6) is 0.586. The molecule has 1 unspecified atom stereocenters. The van der Waals surface area contributed by atoms with Gasteiger partial charge in [-0.05, 0) is 29.8 Å². The van der Waals surface area contributed by atoms with Crippen LogP contribution in [-0.2, 0) is 4.79 Å². The summed E-state index contributed by atoms with van der Waals surface area (Å²) in [6.45, 7) is 0. The monoisotopic (exact) mass is 289 g/mol. The highest BCUT2D eigenvalue weighted by atomic mass is 35.5. The molecule has 3 nitrogen and oxygen atoms in total. The molecule has 0 bridgehead atoms. The summed E-state index contributed by atoms with van der Waals surface area (Å²) >= 11 is 6.24. The van der Waals surface area contributed by atoms with Crippen molar-refractivity contribution in [3.8, 4) is 5.75 Å². The van der Waals surface area contributed by atoms with Crippen molar-refractivity contribution in [1.82, 2.24) is 0 Å². The molecule has 2 aromatic carbocycles. The number of hydrogen-bond acceptors (Lipinski definition) is 2. The standard InChI is InChI=1S/C16H16ClNO2/c1-18(13-8-10-14(20-2)11-9-13)16(19)15(17)12-6-4-3-5-7-12/h3-11,15H,1-2H3. The molecule has 0 aliphatic heterocycles. The highest BCUT2D eigenvalue weighted by Crippen LogP contribution is 2.26. The highest BCUT2D eigenvalue weighted by molar-refractivity contribution is 6.32. The lowest BCUT2D eigenvalue weighted by Gasteiger charge is -2.20. The Morgan fingerprint density at radius 2 is 1.70 bits per heavy atom. The van der Waals surface area contributed by atoms with Crippen LogP contribution in [0, 0.1) is 0 Å². The van der Waals surface area contributed by atoms with E-state index in [4.69, 9.17) is 16.3 Å². The molecule has 0 N–H and O–H groups in total. The summed E-state index contributed by atoms with van der Waals surface area (Å²) < 4.78 is 5.10. The second-order valence-electron chi connectivity index (χ2n) is 4.37. The smallest absolute Gasteiger partial charge is 0.249 e. The molecule has 0 saturated carbocycles. The van der Waals surface area contributed by atoms with Crippen LogP contribution in [0.25, 0.3) is 0 Å². The van der Waals surface area contributed by atoms with E-state index >= 15 is 0 Å². The average molecular weight is 290 g/mol. The lowest BCUT2D eigenvalue weighted by atomic mass is 10.1. The SMILES string of the molecule is COc1ccc(N(C)C(=O)C(Cl)c2ccccc2)cc1. The number of rotatable bonds is 4. The van der Waals surface area contributed by atoms with Gasteiger partial charge in [0, 0.05) is 12.7 Å². The lowest BCUT2D eigenvalue weighted by Crippen LogP contribution is -2.29. The third-order valence-electron chi connectivity index (χ3n) is 3.10. The Hall–Kier alpha value is -2.00. The molecule has 0 spiro atoms. The van der Waals surface area contributed by atoms with Crippen LogP contribution in [0.3, 0.4) is 0 Å². The number of carbonyl (C=O) groups excluding carboxylic acids is 1. The lowest BCUT2D eigenvalue weighted by molar-refractivity contribution is -0.118. The Morgan fingerprint density at radius 3 is 2.25 bits per heavy atom. The minimum absolute atomic E-state index is 0.164. The van der Waals surface area contributed by atoms with Gasteiger partial charge in [0.05, 0.1) is 7.11 Å². The quantitative estimate of drug-likeness (QED) is 0.804. The van der Waals surface area contributed by atoms with E-state index in [-0.39, 0.29) is 5.91 Å². The van der Waals surface area contributed by atoms with Crippen LogP contribution in [0.1, 0.15) is 10.9 Å². The zero-order valence-corrected chi connectivity index (χ0v) is 12.2. The van der Waals surface area contributed by atoms with Gasteiger partial charge in [0.25, 0.3) is 0 Å². The molecule has 0 saturated heterocycles. The molecule has 0 aliphatic carbocycles. The first-order chi connectivity index (χ1) is 9.63. The zero-order valence-electron chi connectivity index (χ0n) is 11.4. The molecular formula is C16H16ClNO2. The summed E-state index contributed by atoms with van der Waals surface area (Å²) in [6.07, 6.45) is 0. The molecule has 2 rings (SSSR count). The van der Waals surface area contributed by atoms with Gasteiger partial charge in [-0.25, -0.2) is 0 Å². The molecule has 4 heteroatoms. The fraction of sp³-hybridized carbons (Fsp3) is 0.188. The minimum atomic E-state index is -0.691. The van der Waals surface area contributed by atoms with E-state index in [0.29, 0.717) is 0 Å². The number of hydrogen-bond donors (Lipinski definition) is 0. The summed E-state index contributed by atoms with van der Waals surface area (Å²) in [7, 11) is 3.32. The number of carbonyl (C=O) groups is 1. The first-order valence-corrected chi connectivity index (χ1v) is 6.67. The normalized spacial score (nSPS) is 11.8. The van der Waals surface area contributed by atoms with Crippen molar-refractivity contribution in [2.45, 2.75) is 5.38 Å². The fourth-order valence-electron chi connectivity index (χ4n) is 1.87. The van der Waals surface area contributed by atoms with Gasteiger partial charge in [-0.2, -0.15) is 0 Å². The fourth-order valence-corrected chi connectivity index (χ4v) is 2.16. The Kier molecular flexibility index (Phi) is 4.64. The van der Waals surface area contributed by atoms with Gasteiger partial charge in [-0.15, -0.1) is 11.6 Å². The summed E-state index contributed by atoms with van der Waals surface area (Å²) in [4.78, 5) is 13.9. The van der Waals surface area contributed by atoms with Crippen LogP contribution in [0.2, 0.25) is 0 Å². The maximum Gasteiger partial charge on any atom is 0.249 e. The molecule has 0 heterocycles. The summed E-state index contributed by atoms with van der Waals surface area (Å²) in [5, 5.41) is -0.691. The van der Waals surface area contributed by atoms with Crippen molar-refractivity contribution in [2.24, 2.45) is 0 Å². The van der Waals surface area contributed by atoms with Crippen molar-refractivity contribution in [1.29, 1.82) is 0 Å². The maximum atomic E-state index is 12.4. The van der Waals surface area contributed by atoms with Crippen molar-refractivity contribution in [3.05, 3.63) is 60.2 Å². The third kappa shape index (κ3) is 3.11. The van der Waals surface area contributed by atoms with E-state index in [2.05, 4.69) is 0 Å². The minimum Gasteiger partial charge on any atom is -0.497 e. The van der Waals surface area contributed by atoms with Crippen LogP contribution in [0.15, 0.2) is 54.6 Å². The molecule has 0 radical (unpaired) electrons. The molecule has 0 aliphatic rings. The van der Waals surface area contributed by atoms with Gasteiger partial charge in [-0.3, -0.25) is 4.79 Å². The van der Waals surface area contributed by atoms with Crippen molar-refractivity contribution >= 4 is 23.2 Å². The van der Waals surface area contributed by atoms with E-state index in [9.17, 15) is 4.79 Å². The Bertz CT molecular complexity index is 569. The van der Waals surface area contributed by atoms with E-state index in [1.807, 2.05) is 54.6 Å². The summed E-state index contributed by atoms with van der Waals surface area (Å²) in [6, 6.07) is 16.6. The topological polar surface area (TPSA) is 29.5 Å². The second-order valence-corrected chi connectivity index (χ2v) is 4.80. The molecule has 1 amide bonds. The van der Waals surface area contributed by atoms with E-state index in [1.165, 1.54) is 0 Å². The number of halogens is 1. The van der Waals surface area contributed by atoms with Gasteiger partial charge in [0.15, 0.2) is 0 Å². The van der Waals surface area contributed by atoms with Gasteiger partial charge in [0.2, 0.25) is 5.91 Å². The number of methoxy groups -OCH3 is 1. The molecule has 2 aromatic rings. The predicted molar refractivity (Wildman–Crippen MR) is 81.4 cm³/mol. The number of likely N-dealkylation sites (N-methyl/N-ethyl adjacent to an activating group) is 1. The van der Waals surface area contributed by atoms with Gasteiger partial charge in [-0.1, -0.05) is 30.3 Å². The molecule has 0 aromatic heterocycles. The Morgan fingerprint density at radius 1 is 1.10 bits per heavy atom. The van der Waals surface area contributed by atoms with Crippen LogP contribution >= 0.6 is 11.6 Å². The Balaban J connectivity index is 2.15. The first kappa shape index (κ1) is 14.4. The first-order valence-electron chi connectivity index (χ1n) is 6.24. The summed E-state index contributed by atoms with van der Waals surface area (Å²) in [5.41, 5.74) is 1.57. The van der Waals surface area contributed by atoms with Gasteiger partial charge in [0.1, 0.15) is 11.1 Å². The van der Waals surface area contributed by atoms with Crippen LogP contribution in [0.4, 0.5) is 5.69 Å². The Labute approximate surface area is 123 Å². The average Bonchev–Trinajstić information content (AvgIpc) is 2.53. The third-order valence-corrected chi connectivity index (χ3v) is 3.54. The van der Waals surface area contributed by atoms with E-state index in [1.54, 1.807) is 19.1 Å². The number of alkyl halides is 1. The number of anilines is 1. The van der Waals surface area contributed by atoms with Crippen LogP contribution < -0.4 is 9.64 Å². The maximum absolute atomic E-state index is 12.4. The van der Waals surface area contributed by atoms with Crippen molar-refractivity contribution in [2.75, 3.05) is 19.1 Å². The highest BCUT2D eigenvalue weighted by Gasteiger charge is 2.22. The molecule has 1 atom stereocenters. The number of amides is 1. The number of benzene rings is 2. The van der Waals surface area contributed by atoms with Crippen molar-refractivity contribution < 1.29 is 9.53 Å². The zero-order chi connectivity index (χ0) is 14.5. The largest absolute Gasteiger partial charge is 0.497 e. The van der Waals surface area contributed by atoms with Gasteiger partial charge >= 0.3 is 0 Å². The van der Waals surface area contributed by atoms with E-state index < -0.39 is 5.38 Å². The number of nitrogens with zero attached hydrogens (tertiary/aromatic N) is 1.